The lowest BCUT2D eigenvalue weighted by molar-refractivity contribution is 0.518. The first kappa shape index (κ1) is 11.7. The molecule has 0 spiro atoms. The first-order valence-electron chi connectivity index (χ1n) is 5.19. The van der Waals surface area contributed by atoms with Crippen molar-refractivity contribution in [1.29, 1.82) is 0 Å². The summed E-state index contributed by atoms with van der Waals surface area (Å²) in [5.41, 5.74) is 0.761. The lowest BCUT2D eigenvalue weighted by Crippen LogP contribution is -2.03. The average molecular weight is 372 g/mol. The lowest BCUT2D eigenvalue weighted by Gasteiger charge is -2.06. The predicted octanol–water partition coefficient (Wildman–Crippen LogP) is 3.46. The molecule has 0 bridgehead atoms. The molecule has 0 fully saturated rings. The van der Waals surface area contributed by atoms with Crippen LogP contribution in [0.1, 0.15) is 5.76 Å². The van der Waals surface area contributed by atoms with Crippen molar-refractivity contribution < 1.29 is 4.42 Å². The number of nitrogens with zero attached hydrogens (tertiary/aromatic N) is 3. The van der Waals surface area contributed by atoms with Crippen LogP contribution in [-0.2, 0) is 6.54 Å². The minimum absolute atomic E-state index is 0.566. The molecule has 3 heterocycles. The Bertz CT molecular complexity index is 678. The van der Waals surface area contributed by atoms with Gasteiger partial charge in [-0.25, -0.2) is 9.97 Å². The molecule has 92 valence electrons. The number of imidazole rings is 1. The summed E-state index contributed by atoms with van der Waals surface area (Å²) in [5, 5.41) is 3.21. The molecule has 0 aliphatic carbocycles. The number of aromatic nitrogens is 3. The molecule has 1 N–H and O–H groups in total. The van der Waals surface area contributed by atoms with Gasteiger partial charge in [0.05, 0.1) is 19.0 Å². The third kappa shape index (κ3) is 2.15. The number of rotatable bonds is 3. The number of fused-ring (bicyclic) bond motifs is 1. The fourth-order valence-electron chi connectivity index (χ4n) is 1.63. The third-order valence-electron chi connectivity index (χ3n) is 2.43. The van der Waals surface area contributed by atoms with Crippen molar-refractivity contribution in [3.8, 4) is 0 Å². The van der Waals surface area contributed by atoms with Crippen LogP contribution >= 0.6 is 31.9 Å². The molecule has 0 saturated heterocycles. The van der Waals surface area contributed by atoms with Crippen LogP contribution in [0.5, 0.6) is 0 Å². The van der Waals surface area contributed by atoms with Crippen LogP contribution in [0.15, 0.2) is 44.4 Å². The second-order valence-electron chi connectivity index (χ2n) is 3.62. The summed E-state index contributed by atoms with van der Waals surface area (Å²) in [6.07, 6.45) is 5.24. The number of anilines is 1. The molecule has 3 aromatic heterocycles. The standard InChI is InChI=1S/C11H8Br2N4O/c12-8-6-17-9(13)5-15-11(17)10(16-8)14-4-7-2-1-3-18-7/h1-3,5-6H,4H2,(H,14,16). The number of halogens is 2. The van der Waals surface area contributed by atoms with Gasteiger partial charge in [0.25, 0.3) is 0 Å². The maximum Gasteiger partial charge on any atom is 0.181 e. The lowest BCUT2D eigenvalue weighted by atomic mass is 10.4. The second kappa shape index (κ2) is 4.74. The van der Waals surface area contributed by atoms with Crippen molar-refractivity contribution in [3.05, 3.63) is 45.8 Å². The van der Waals surface area contributed by atoms with Crippen LogP contribution in [0.4, 0.5) is 5.82 Å². The number of hydrogen-bond donors (Lipinski definition) is 1. The maximum absolute atomic E-state index is 5.26. The average Bonchev–Trinajstić information content (AvgIpc) is 2.97. The molecule has 18 heavy (non-hydrogen) atoms. The van der Waals surface area contributed by atoms with Gasteiger partial charge < -0.3 is 9.73 Å². The van der Waals surface area contributed by atoms with E-state index in [1.165, 1.54) is 0 Å². The summed E-state index contributed by atoms with van der Waals surface area (Å²) in [6.45, 7) is 0.566. The van der Waals surface area contributed by atoms with E-state index in [1.54, 1.807) is 12.5 Å². The molecule has 0 saturated carbocycles. The smallest absolute Gasteiger partial charge is 0.181 e. The highest BCUT2D eigenvalue weighted by atomic mass is 79.9. The van der Waals surface area contributed by atoms with Crippen LogP contribution in [0, 0.1) is 0 Å². The molecule has 0 aromatic carbocycles. The van der Waals surface area contributed by atoms with Gasteiger partial charge in [-0.15, -0.1) is 0 Å². The van der Waals surface area contributed by atoms with Crippen molar-refractivity contribution in [2.45, 2.75) is 6.54 Å². The van der Waals surface area contributed by atoms with Gasteiger partial charge in [-0.3, -0.25) is 4.40 Å². The van der Waals surface area contributed by atoms with E-state index >= 15 is 0 Å². The third-order valence-corrected chi connectivity index (χ3v) is 3.40. The Kier molecular flexibility index (Phi) is 3.09. The maximum atomic E-state index is 5.26. The topological polar surface area (TPSA) is 55.4 Å². The van der Waals surface area contributed by atoms with E-state index in [-0.39, 0.29) is 0 Å². The molecule has 0 unspecified atom stereocenters. The zero-order valence-corrected chi connectivity index (χ0v) is 12.3. The van der Waals surface area contributed by atoms with Crippen LogP contribution in [0.2, 0.25) is 0 Å². The summed E-state index contributed by atoms with van der Waals surface area (Å²) >= 11 is 6.81. The van der Waals surface area contributed by atoms with Gasteiger partial charge in [-0.2, -0.15) is 0 Å². The van der Waals surface area contributed by atoms with Crippen molar-refractivity contribution in [2.75, 3.05) is 5.32 Å². The molecule has 7 heteroatoms. The van der Waals surface area contributed by atoms with Gasteiger partial charge >= 0.3 is 0 Å². The Morgan fingerprint density at radius 3 is 3.06 bits per heavy atom. The molecule has 3 rings (SSSR count). The Hall–Kier alpha value is -1.34. The van der Waals surface area contributed by atoms with E-state index < -0.39 is 0 Å². The minimum atomic E-state index is 0.566. The number of hydrogen-bond acceptors (Lipinski definition) is 4. The molecular formula is C11H8Br2N4O. The van der Waals surface area contributed by atoms with E-state index in [1.807, 2.05) is 22.7 Å². The van der Waals surface area contributed by atoms with Crippen molar-refractivity contribution in [2.24, 2.45) is 0 Å². The van der Waals surface area contributed by atoms with Crippen LogP contribution < -0.4 is 5.32 Å². The zero-order chi connectivity index (χ0) is 12.5. The molecule has 0 atom stereocenters. The molecule has 5 nitrogen and oxygen atoms in total. The summed E-state index contributed by atoms with van der Waals surface area (Å²) in [4.78, 5) is 8.67. The first-order chi connectivity index (χ1) is 8.74. The van der Waals surface area contributed by atoms with Crippen molar-refractivity contribution in [3.63, 3.8) is 0 Å². The first-order valence-corrected chi connectivity index (χ1v) is 6.78. The SMILES string of the molecule is Brc1cn2c(Br)cnc2c(NCc2ccco2)n1. The number of nitrogens with one attached hydrogen (secondary N) is 1. The Balaban J connectivity index is 1.95. The van der Waals surface area contributed by atoms with Crippen LogP contribution in [0.3, 0.4) is 0 Å². The van der Waals surface area contributed by atoms with Gasteiger partial charge in [-0.1, -0.05) is 0 Å². The largest absolute Gasteiger partial charge is 0.467 e. The Labute approximate surface area is 119 Å². The van der Waals surface area contributed by atoms with Crippen LogP contribution in [0.25, 0.3) is 5.65 Å². The van der Waals surface area contributed by atoms with Crippen molar-refractivity contribution >= 4 is 43.3 Å². The molecule has 0 amide bonds. The fourth-order valence-corrected chi connectivity index (χ4v) is 2.39. The summed E-state index contributed by atoms with van der Waals surface area (Å²) in [5.74, 6) is 1.55. The normalized spacial score (nSPS) is 11.0. The summed E-state index contributed by atoms with van der Waals surface area (Å²) < 4.78 is 8.78. The summed E-state index contributed by atoms with van der Waals surface area (Å²) in [6, 6.07) is 3.76. The van der Waals surface area contributed by atoms with E-state index in [4.69, 9.17) is 4.42 Å². The molecule has 3 aromatic rings. The highest BCUT2D eigenvalue weighted by Crippen LogP contribution is 2.22. The molecule has 0 radical (unpaired) electrons. The van der Waals surface area contributed by atoms with Gasteiger partial charge in [0.15, 0.2) is 11.5 Å². The van der Waals surface area contributed by atoms with Gasteiger partial charge in [-0.05, 0) is 44.0 Å². The van der Waals surface area contributed by atoms with Gasteiger partial charge in [0.1, 0.15) is 15.0 Å². The Morgan fingerprint density at radius 1 is 1.39 bits per heavy atom. The van der Waals surface area contributed by atoms with E-state index in [0.717, 1.165) is 20.6 Å². The highest BCUT2D eigenvalue weighted by Gasteiger charge is 2.09. The number of furan rings is 1. The van der Waals surface area contributed by atoms with E-state index in [2.05, 4.69) is 47.1 Å². The molecular weight excluding hydrogens is 364 g/mol. The van der Waals surface area contributed by atoms with E-state index in [9.17, 15) is 0 Å². The van der Waals surface area contributed by atoms with Gasteiger partial charge in [0.2, 0.25) is 0 Å². The molecule has 0 aliphatic heterocycles. The molecule has 0 aliphatic rings. The Morgan fingerprint density at radius 2 is 2.28 bits per heavy atom. The predicted molar refractivity (Wildman–Crippen MR) is 74.4 cm³/mol. The van der Waals surface area contributed by atoms with E-state index in [0.29, 0.717) is 12.4 Å². The highest BCUT2D eigenvalue weighted by molar-refractivity contribution is 9.10. The zero-order valence-electron chi connectivity index (χ0n) is 9.10. The van der Waals surface area contributed by atoms with Gasteiger partial charge in [0, 0.05) is 6.20 Å². The van der Waals surface area contributed by atoms with Crippen molar-refractivity contribution in [1.82, 2.24) is 14.4 Å². The minimum Gasteiger partial charge on any atom is -0.467 e. The second-order valence-corrected chi connectivity index (χ2v) is 5.24. The fraction of sp³-hybridized carbons (Fsp3) is 0.0909. The quantitative estimate of drug-likeness (QED) is 0.765. The monoisotopic (exact) mass is 370 g/mol. The summed E-state index contributed by atoms with van der Waals surface area (Å²) in [7, 11) is 0. The van der Waals surface area contributed by atoms with Crippen LogP contribution in [-0.4, -0.2) is 14.4 Å².